The van der Waals surface area contributed by atoms with Gasteiger partial charge in [-0.2, -0.15) is 0 Å². The van der Waals surface area contributed by atoms with E-state index in [9.17, 15) is 4.79 Å². The SMILES string of the molecule is COC(=O)C1(CC2CCNCC2)CCCN1. The van der Waals surface area contributed by atoms with E-state index in [1.807, 2.05) is 0 Å². The lowest BCUT2D eigenvalue weighted by atomic mass is 9.82. The highest BCUT2D eigenvalue weighted by molar-refractivity contribution is 5.81. The zero-order chi connectivity index (χ0) is 11.4. The highest BCUT2D eigenvalue weighted by atomic mass is 16.5. The first-order valence-electron chi connectivity index (χ1n) is 6.31. The van der Waals surface area contributed by atoms with Gasteiger partial charge in [0.1, 0.15) is 5.54 Å². The second kappa shape index (κ2) is 5.15. The smallest absolute Gasteiger partial charge is 0.326 e. The quantitative estimate of drug-likeness (QED) is 0.695. The highest BCUT2D eigenvalue weighted by Crippen LogP contribution is 2.31. The third-order valence-corrected chi connectivity index (χ3v) is 3.92. The average molecular weight is 226 g/mol. The van der Waals surface area contributed by atoms with E-state index in [2.05, 4.69) is 10.6 Å². The maximum atomic E-state index is 11.9. The molecule has 16 heavy (non-hydrogen) atoms. The van der Waals surface area contributed by atoms with Crippen LogP contribution in [0.3, 0.4) is 0 Å². The lowest BCUT2D eigenvalue weighted by Crippen LogP contribution is -2.50. The van der Waals surface area contributed by atoms with Gasteiger partial charge in [0, 0.05) is 0 Å². The number of esters is 1. The van der Waals surface area contributed by atoms with Crippen LogP contribution in [0, 0.1) is 5.92 Å². The van der Waals surface area contributed by atoms with Crippen LogP contribution >= 0.6 is 0 Å². The monoisotopic (exact) mass is 226 g/mol. The molecule has 0 aromatic carbocycles. The molecular weight excluding hydrogens is 204 g/mol. The molecule has 0 spiro atoms. The lowest BCUT2D eigenvalue weighted by molar-refractivity contribution is -0.148. The second-order valence-electron chi connectivity index (χ2n) is 5.00. The molecule has 2 rings (SSSR count). The van der Waals surface area contributed by atoms with E-state index in [0.29, 0.717) is 5.92 Å². The van der Waals surface area contributed by atoms with Gasteiger partial charge in [-0.15, -0.1) is 0 Å². The summed E-state index contributed by atoms with van der Waals surface area (Å²) in [5.41, 5.74) is -0.378. The predicted octanol–water partition coefficient (Wildman–Crippen LogP) is 0.671. The third-order valence-electron chi connectivity index (χ3n) is 3.92. The van der Waals surface area contributed by atoms with Crippen molar-refractivity contribution in [2.45, 2.75) is 37.6 Å². The minimum absolute atomic E-state index is 0.0662. The summed E-state index contributed by atoms with van der Waals surface area (Å²) in [7, 11) is 1.49. The molecule has 0 saturated carbocycles. The van der Waals surface area contributed by atoms with Crippen LogP contribution in [0.1, 0.15) is 32.1 Å². The molecule has 4 heteroatoms. The van der Waals surface area contributed by atoms with Gasteiger partial charge < -0.3 is 15.4 Å². The number of carbonyl (C=O) groups is 1. The van der Waals surface area contributed by atoms with Crippen LogP contribution in [0.4, 0.5) is 0 Å². The summed E-state index contributed by atoms with van der Waals surface area (Å²) in [4.78, 5) is 11.9. The summed E-state index contributed by atoms with van der Waals surface area (Å²) in [5.74, 6) is 0.592. The molecule has 1 atom stereocenters. The Morgan fingerprint density at radius 3 is 2.69 bits per heavy atom. The van der Waals surface area contributed by atoms with Crippen molar-refractivity contribution in [3.8, 4) is 0 Å². The molecule has 0 radical (unpaired) electrons. The minimum Gasteiger partial charge on any atom is -0.468 e. The topological polar surface area (TPSA) is 50.4 Å². The van der Waals surface area contributed by atoms with Crippen molar-refractivity contribution in [3.63, 3.8) is 0 Å². The first-order valence-corrected chi connectivity index (χ1v) is 6.31. The van der Waals surface area contributed by atoms with E-state index in [4.69, 9.17) is 4.74 Å². The number of ether oxygens (including phenoxy) is 1. The first-order chi connectivity index (χ1) is 7.77. The standard InChI is InChI=1S/C12H22N2O2/c1-16-11(15)12(5-2-6-14-12)9-10-3-7-13-8-4-10/h10,13-14H,2-9H2,1H3. The van der Waals surface area contributed by atoms with Gasteiger partial charge in [0.2, 0.25) is 0 Å². The van der Waals surface area contributed by atoms with Gasteiger partial charge in [-0.05, 0) is 57.7 Å². The Morgan fingerprint density at radius 2 is 2.12 bits per heavy atom. The molecule has 2 fully saturated rings. The van der Waals surface area contributed by atoms with Crippen LogP contribution in [-0.2, 0) is 9.53 Å². The van der Waals surface area contributed by atoms with E-state index in [1.54, 1.807) is 0 Å². The molecule has 0 aromatic rings. The number of carbonyl (C=O) groups excluding carboxylic acids is 1. The van der Waals surface area contributed by atoms with Gasteiger partial charge in [-0.1, -0.05) is 0 Å². The lowest BCUT2D eigenvalue weighted by Gasteiger charge is -2.32. The van der Waals surface area contributed by atoms with Gasteiger partial charge in [-0.3, -0.25) is 4.79 Å². The minimum atomic E-state index is -0.378. The zero-order valence-electron chi connectivity index (χ0n) is 10.1. The van der Waals surface area contributed by atoms with Gasteiger partial charge in [-0.25, -0.2) is 0 Å². The van der Waals surface area contributed by atoms with Crippen molar-refractivity contribution in [1.82, 2.24) is 10.6 Å². The van der Waals surface area contributed by atoms with Crippen molar-refractivity contribution in [2.75, 3.05) is 26.7 Å². The van der Waals surface area contributed by atoms with Crippen molar-refractivity contribution in [1.29, 1.82) is 0 Å². The van der Waals surface area contributed by atoms with Crippen LogP contribution < -0.4 is 10.6 Å². The Labute approximate surface area is 97.1 Å². The maximum absolute atomic E-state index is 11.9. The number of piperidine rings is 1. The second-order valence-corrected chi connectivity index (χ2v) is 5.00. The van der Waals surface area contributed by atoms with E-state index in [-0.39, 0.29) is 11.5 Å². The van der Waals surface area contributed by atoms with E-state index in [0.717, 1.165) is 38.9 Å². The van der Waals surface area contributed by atoms with E-state index < -0.39 is 0 Å². The molecule has 0 amide bonds. The molecule has 0 aliphatic carbocycles. The summed E-state index contributed by atoms with van der Waals surface area (Å²) in [6.45, 7) is 3.11. The fourth-order valence-corrected chi connectivity index (χ4v) is 3.01. The molecule has 1 unspecified atom stereocenters. The van der Waals surface area contributed by atoms with Crippen molar-refractivity contribution in [2.24, 2.45) is 5.92 Å². The molecule has 2 aliphatic heterocycles. The van der Waals surface area contributed by atoms with Crippen LogP contribution in [0.5, 0.6) is 0 Å². The summed E-state index contributed by atoms with van der Waals surface area (Å²) in [5, 5.41) is 6.73. The normalized spacial score (nSPS) is 31.6. The number of methoxy groups -OCH3 is 1. The van der Waals surface area contributed by atoms with Crippen LogP contribution in [0.15, 0.2) is 0 Å². The fourth-order valence-electron chi connectivity index (χ4n) is 3.01. The average Bonchev–Trinajstić information content (AvgIpc) is 2.79. The van der Waals surface area contributed by atoms with Crippen molar-refractivity contribution < 1.29 is 9.53 Å². The summed E-state index contributed by atoms with van der Waals surface area (Å²) in [6, 6.07) is 0. The summed E-state index contributed by atoms with van der Waals surface area (Å²) < 4.78 is 4.96. The highest BCUT2D eigenvalue weighted by Gasteiger charge is 2.43. The molecule has 0 bridgehead atoms. The number of hydrogen-bond donors (Lipinski definition) is 2. The number of nitrogens with one attached hydrogen (secondary N) is 2. The molecule has 2 aliphatic rings. The molecule has 0 aromatic heterocycles. The van der Waals surface area contributed by atoms with E-state index >= 15 is 0 Å². The Morgan fingerprint density at radius 1 is 1.38 bits per heavy atom. The van der Waals surface area contributed by atoms with Gasteiger partial charge in [0.15, 0.2) is 0 Å². The largest absolute Gasteiger partial charge is 0.468 e. The molecule has 2 saturated heterocycles. The Balaban J connectivity index is 1.98. The summed E-state index contributed by atoms with van der Waals surface area (Å²) >= 11 is 0. The van der Waals surface area contributed by atoms with Crippen molar-refractivity contribution >= 4 is 5.97 Å². The zero-order valence-corrected chi connectivity index (χ0v) is 10.1. The Hall–Kier alpha value is -0.610. The van der Waals surface area contributed by atoms with Gasteiger partial charge in [0.05, 0.1) is 7.11 Å². The van der Waals surface area contributed by atoms with Crippen molar-refractivity contribution in [3.05, 3.63) is 0 Å². The molecule has 2 N–H and O–H groups in total. The molecular formula is C12H22N2O2. The Bertz CT molecular complexity index is 243. The van der Waals surface area contributed by atoms with Crippen LogP contribution in [0.2, 0.25) is 0 Å². The fraction of sp³-hybridized carbons (Fsp3) is 0.917. The van der Waals surface area contributed by atoms with E-state index in [1.165, 1.54) is 20.0 Å². The summed E-state index contributed by atoms with van der Waals surface area (Å²) in [6.07, 6.45) is 5.33. The molecule has 4 nitrogen and oxygen atoms in total. The Kier molecular flexibility index (Phi) is 3.82. The van der Waals surface area contributed by atoms with Gasteiger partial charge >= 0.3 is 5.97 Å². The molecule has 92 valence electrons. The maximum Gasteiger partial charge on any atom is 0.326 e. The van der Waals surface area contributed by atoms with Crippen LogP contribution in [0.25, 0.3) is 0 Å². The van der Waals surface area contributed by atoms with Gasteiger partial charge in [0.25, 0.3) is 0 Å². The number of hydrogen-bond acceptors (Lipinski definition) is 4. The predicted molar refractivity (Wildman–Crippen MR) is 62.2 cm³/mol. The number of rotatable bonds is 3. The first kappa shape index (κ1) is 11.9. The van der Waals surface area contributed by atoms with Crippen LogP contribution in [-0.4, -0.2) is 38.3 Å². The molecule has 2 heterocycles. The third kappa shape index (κ3) is 2.38.